The van der Waals surface area contributed by atoms with Gasteiger partial charge < -0.3 is 10.4 Å². The molecule has 0 fully saturated rings. The zero-order valence-electron chi connectivity index (χ0n) is 4.92. The van der Waals surface area contributed by atoms with Gasteiger partial charge in [0.1, 0.15) is 0 Å². The maximum atomic E-state index is 8.27. The third-order valence-corrected chi connectivity index (χ3v) is 0.669. The van der Waals surface area contributed by atoms with E-state index >= 15 is 0 Å². The van der Waals surface area contributed by atoms with Crippen LogP contribution in [-0.4, -0.2) is 22.2 Å². The van der Waals surface area contributed by atoms with Gasteiger partial charge >= 0.3 is 0 Å². The SMILES string of the molecule is CC(C)(/C=N/O)NO. The van der Waals surface area contributed by atoms with Gasteiger partial charge in [0.2, 0.25) is 0 Å². The van der Waals surface area contributed by atoms with Crippen molar-refractivity contribution in [1.82, 2.24) is 5.48 Å². The van der Waals surface area contributed by atoms with Gasteiger partial charge in [0.05, 0.1) is 11.8 Å². The molecule has 0 amide bonds. The highest BCUT2D eigenvalue weighted by molar-refractivity contribution is 5.67. The summed E-state index contributed by atoms with van der Waals surface area (Å²) in [5, 5.41) is 19.0. The zero-order chi connectivity index (χ0) is 6.62. The molecule has 48 valence electrons. The normalized spacial score (nSPS) is 12.9. The number of nitrogens with one attached hydrogen (secondary N) is 1. The van der Waals surface area contributed by atoms with Crippen molar-refractivity contribution < 1.29 is 10.4 Å². The third kappa shape index (κ3) is 2.54. The minimum atomic E-state index is -0.644. The molecule has 0 aliphatic carbocycles. The molecule has 0 saturated carbocycles. The Kier molecular flexibility index (Phi) is 2.44. The van der Waals surface area contributed by atoms with Gasteiger partial charge in [0.15, 0.2) is 0 Å². The first-order chi connectivity index (χ1) is 3.62. The fourth-order valence-electron chi connectivity index (χ4n) is 0.173. The molecule has 0 aliphatic rings. The molecule has 0 rings (SSSR count). The lowest BCUT2D eigenvalue weighted by atomic mass is 10.1. The topological polar surface area (TPSA) is 64.9 Å². The van der Waals surface area contributed by atoms with Crippen LogP contribution in [0, 0.1) is 0 Å². The minimum absolute atomic E-state index is 0.644. The highest BCUT2D eigenvalue weighted by Gasteiger charge is 2.11. The second-order valence-electron chi connectivity index (χ2n) is 2.08. The summed E-state index contributed by atoms with van der Waals surface area (Å²) in [5.74, 6) is 0. The van der Waals surface area contributed by atoms with E-state index in [1.165, 1.54) is 6.21 Å². The van der Waals surface area contributed by atoms with Crippen molar-refractivity contribution in [1.29, 1.82) is 0 Å². The Bertz CT molecular complexity index is 90.0. The maximum absolute atomic E-state index is 8.27. The van der Waals surface area contributed by atoms with Gasteiger partial charge in [-0.2, -0.15) is 5.48 Å². The first-order valence-electron chi connectivity index (χ1n) is 2.22. The molecule has 0 saturated heterocycles. The van der Waals surface area contributed by atoms with Crippen LogP contribution < -0.4 is 5.48 Å². The van der Waals surface area contributed by atoms with E-state index in [-0.39, 0.29) is 0 Å². The third-order valence-electron chi connectivity index (χ3n) is 0.669. The highest BCUT2D eigenvalue weighted by atomic mass is 16.5. The summed E-state index contributed by atoms with van der Waals surface area (Å²) in [6.07, 6.45) is 1.19. The number of rotatable bonds is 2. The van der Waals surface area contributed by atoms with E-state index < -0.39 is 5.54 Å². The molecule has 3 N–H and O–H groups in total. The first-order valence-corrected chi connectivity index (χ1v) is 2.22. The predicted molar refractivity (Wildman–Crippen MR) is 29.3 cm³/mol. The largest absolute Gasteiger partial charge is 0.411 e. The van der Waals surface area contributed by atoms with Crippen LogP contribution in [0.5, 0.6) is 0 Å². The van der Waals surface area contributed by atoms with Crippen molar-refractivity contribution in [3.8, 4) is 0 Å². The molecule has 0 aromatic heterocycles. The van der Waals surface area contributed by atoms with E-state index in [0.29, 0.717) is 0 Å². The Labute approximate surface area is 47.8 Å². The van der Waals surface area contributed by atoms with Crippen LogP contribution in [0.4, 0.5) is 0 Å². The zero-order valence-corrected chi connectivity index (χ0v) is 4.92. The molecular weight excluding hydrogens is 108 g/mol. The van der Waals surface area contributed by atoms with Crippen molar-refractivity contribution in [3.05, 3.63) is 0 Å². The molecule has 0 bridgehead atoms. The average molecular weight is 118 g/mol. The van der Waals surface area contributed by atoms with E-state index in [9.17, 15) is 0 Å². The molecule has 4 nitrogen and oxygen atoms in total. The lowest BCUT2D eigenvalue weighted by Gasteiger charge is -2.13. The summed E-state index contributed by atoms with van der Waals surface area (Å²) >= 11 is 0. The summed E-state index contributed by atoms with van der Waals surface area (Å²) in [6, 6.07) is 0. The maximum Gasteiger partial charge on any atom is 0.0756 e. The van der Waals surface area contributed by atoms with E-state index in [2.05, 4.69) is 5.16 Å². The fraction of sp³-hybridized carbons (Fsp3) is 0.750. The van der Waals surface area contributed by atoms with Crippen LogP contribution in [0.1, 0.15) is 13.8 Å². The molecule has 0 heterocycles. The van der Waals surface area contributed by atoms with Crippen LogP contribution in [0.2, 0.25) is 0 Å². The molecule has 0 spiro atoms. The summed E-state index contributed by atoms with van der Waals surface area (Å²) in [6.45, 7) is 3.32. The van der Waals surface area contributed by atoms with Gasteiger partial charge in [-0.15, -0.1) is 5.16 Å². The standard InChI is InChI=1S/C4H10N2O2/c1-4(2,6-8)3-5-7/h3,6-8H,1-2H3/b5-3+. The van der Waals surface area contributed by atoms with Gasteiger partial charge in [-0.25, -0.2) is 0 Å². The van der Waals surface area contributed by atoms with Crippen molar-refractivity contribution >= 4 is 6.21 Å². The smallest absolute Gasteiger partial charge is 0.0756 e. The Morgan fingerprint density at radius 1 is 1.62 bits per heavy atom. The summed E-state index contributed by atoms with van der Waals surface area (Å²) in [4.78, 5) is 0. The summed E-state index contributed by atoms with van der Waals surface area (Å²) in [7, 11) is 0. The molecule has 0 aliphatic heterocycles. The van der Waals surface area contributed by atoms with Gasteiger partial charge in [-0.1, -0.05) is 0 Å². The Morgan fingerprint density at radius 2 is 2.12 bits per heavy atom. The summed E-state index contributed by atoms with van der Waals surface area (Å²) in [5.41, 5.74) is 1.29. The first kappa shape index (κ1) is 7.39. The lowest BCUT2D eigenvalue weighted by Crippen LogP contribution is -2.38. The van der Waals surface area contributed by atoms with E-state index in [1.54, 1.807) is 13.8 Å². The Balaban J connectivity index is 3.71. The molecule has 0 aromatic rings. The van der Waals surface area contributed by atoms with Gasteiger partial charge in [0.25, 0.3) is 0 Å². The van der Waals surface area contributed by atoms with Crippen LogP contribution in [0.25, 0.3) is 0 Å². The van der Waals surface area contributed by atoms with E-state index in [0.717, 1.165) is 0 Å². The number of hydroxylamine groups is 1. The Hall–Kier alpha value is -0.610. The fourth-order valence-corrected chi connectivity index (χ4v) is 0.173. The molecule has 0 atom stereocenters. The monoisotopic (exact) mass is 118 g/mol. The second-order valence-corrected chi connectivity index (χ2v) is 2.08. The van der Waals surface area contributed by atoms with E-state index in [4.69, 9.17) is 10.4 Å². The average Bonchev–Trinajstić information content (AvgIpc) is 1.67. The minimum Gasteiger partial charge on any atom is -0.411 e. The van der Waals surface area contributed by atoms with Crippen LogP contribution in [0.3, 0.4) is 0 Å². The van der Waals surface area contributed by atoms with E-state index in [1.807, 2.05) is 5.48 Å². The van der Waals surface area contributed by atoms with Crippen LogP contribution in [0.15, 0.2) is 5.16 Å². The Morgan fingerprint density at radius 3 is 2.25 bits per heavy atom. The number of nitrogens with zero attached hydrogens (tertiary/aromatic N) is 1. The van der Waals surface area contributed by atoms with Crippen molar-refractivity contribution in [2.75, 3.05) is 0 Å². The van der Waals surface area contributed by atoms with Gasteiger partial charge in [0, 0.05) is 0 Å². The highest BCUT2D eigenvalue weighted by Crippen LogP contribution is 1.93. The number of hydrogen-bond donors (Lipinski definition) is 3. The van der Waals surface area contributed by atoms with Crippen molar-refractivity contribution in [2.24, 2.45) is 5.16 Å². The predicted octanol–water partition coefficient (Wildman–Crippen LogP) is 0.204. The van der Waals surface area contributed by atoms with Crippen LogP contribution >= 0.6 is 0 Å². The van der Waals surface area contributed by atoms with Crippen LogP contribution in [-0.2, 0) is 0 Å². The molecule has 4 heteroatoms. The van der Waals surface area contributed by atoms with Gasteiger partial charge in [-0.05, 0) is 13.8 Å². The molecule has 0 aromatic carbocycles. The quantitative estimate of drug-likeness (QED) is 0.276. The van der Waals surface area contributed by atoms with Crippen molar-refractivity contribution in [2.45, 2.75) is 19.4 Å². The molecule has 8 heavy (non-hydrogen) atoms. The number of oxime groups is 1. The molecule has 0 radical (unpaired) electrons. The van der Waals surface area contributed by atoms with Crippen molar-refractivity contribution in [3.63, 3.8) is 0 Å². The lowest BCUT2D eigenvalue weighted by molar-refractivity contribution is 0.116. The molecular formula is C4H10N2O2. The second kappa shape index (κ2) is 2.64. The van der Waals surface area contributed by atoms with Gasteiger partial charge in [-0.3, -0.25) is 0 Å². The number of hydrogen-bond acceptors (Lipinski definition) is 4. The molecule has 0 unspecified atom stereocenters. The summed E-state index contributed by atoms with van der Waals surface area (Å²) < 4.78 is 0.